The summed E-state index contributed by atoms with van der Waals surface area (Å²) in [5, 5.41) is 2.30. The molecule has 0 saturated carbocycles. The maximum Gasteiger partial charge on any atom is 0.253 e. The normalized spacial score (nSPS) is 15.1. The average Bonchev–Trinajstić information content (AvgIpc) is 3.38. The van der Waals surface area contributed by atoms with Crippen LogP contribution in [0.1, 0.15) is 10.4 Å². The largest absolute Gasteiger partial charge is 0.345 e. The first-order valence-corrected chi connectivity index (χ1v) is 12.3. The summed E-state index contributed by atoms with van der Waals surface area (Å²) in [6.45, 7) is 1.16. The SMILES string of the molecule is O=C(c1ccc(-c2ncc[nH]2)cc1)N1CCN(S(=O)(=O)c2ccc3cc(Cl)ccc3c2)CC1. The minimum atomic E-state index is -3.66. The molecular formula is C24H21ClN4O3S. The van der Waals surface area contributed by atoms with Crippen LogP contribution in [0, 0.1) is 0 Å². The van der Waals surface area contributed by atoms with Crippen LogP contribution in [0.2, 0.25) is 5.02 Å². The van der Waals surface area contributed by atoms with Crippen LogP contribution in [-0.4, -0.2) is 59.7 Å². The Labute approximate surface area is 196 Å². The van der Waals surface area contributed by atoms with Crippen molar-refractivity contribution in [1.82, 2.24) is 19.2 Å². The van der Waals surface area contributed by atoms with Gasteiger partial charge in [-0.3, -0.25) is 4.79 Å². The Hall–Kier alpha value is -3.20. The van der Waals surface area contributed by atoms with E-state index in [2.05, 4.69) is 9.97 Å². The maximum atomic E-state index is 13.2. The lowest BCUT2D eigenvalue weighted by molar-refractivity contribution is 0.0698. The number of sulfonamides is 1. The highest BCUT2D eigenvalue weighted by molar-refractivity contribution is 7.89. The van der Waals surface area contributed by atoms with Gasteiger partial charge in [-0.05, 0) is 47.2 Å². The summed E-state index contributed by atoms with van der Waals surface area (Å²) in [5.74, 6) is 0.630. The van der Waals surface area contributed by atoms with Crippen LogP contribution in [0.5, 0.6) is 0 Å². The van der Waals surface area contributed by atoms with E-state index in [1.54, 1.807) is 59.8 Å². The van der Waals surface area contributed by atoms with Crippen molar-refractivity contribution in [3.05, 3.63) is 83.6 Å². The van der Waals surface area contributed by atoms with E-state index in [4.69, 9.17) is 11.6 Å². The van der Waals surface area contributed by atoms with Crippen molar-refractivity contribution < 1.29 is 13.2 Å². The molecule has 0 atom stereocenters. The number of nitrogens with zero attached hydrogens (tertiary/aromatic N) is 3. The predicted octanol–water partition coefficient (Wildman–Crippen LogP) is 4.03. The van der Waals surface area contributed by atoms with Crippen molar-refractivity contribution in [3.8, 4) is 11.4 Å². The van der Waals surface area contributed by atoms with Gasteiger partial charge in [0.25, 0.3) is 5.91 Å². The summed E-state index contributed by atoms with van der Waals surface area (Å²) in [7, 11) is -3.66. The molecule has 1 aliphatic rings. The number of amides is 1. The van der Waals surface area contributed by atoms with E-state index in [9.17, 15) is 13.2 Å². The number of aromatic amines is 1. The Morgan fingerprint density at radius 1 is 0.909 bits per heavy atom. The molecule has 9 heteroatoms. The number of hydrogen-bond donors (Lipinski definition) is 1. The van der Waals surface area contributed by atoms with Crippen LogP contribution in [0.4, 0.5) is 0 Å². The Bertz CT molecular complexity index is 1410. The van der Waals surface area contributed by atoms with E-state index in [0.717, 1.165) is 22.2 Å². The molecular weight excluding hydrogens is 460 g/mol. The number of imidazole rings is 1. The highest BCUT2D eigenvalue weighted by Crippen LogP contribution is 2.25. The number of hydrogen-bond acceptors (Lipinski definition) is 4. The topological polar surface area (TPSA) is 86.4 Å². The number of H-pyrrole nitrogens is 1. The zero-order chi connectivity index (χ0) is 23.0. The maximum absolute atomic E-state index is 13.2. The van der Waals surface area contributed by atoms with Crippen LogP contribution in [0.25, 0.3) is 22.2 Å². The highest BCUT2D eigenvalue weighted by atomic mass is 35.5. The first-order chi connectivity index (χ1) is 15.9. The van der Waals surface area contributed by atoms with Gasteiger partial charge in [-0.25, -0.2) is 13.4 Å². The zero-order valence-corrected chi connectivity index (χ0v) is 19.2. The first kappa shape index (κ1) is 21.6. The van der Waals surface area contributed by atoms with Crippen LogP contribution in [0.15, 0.2) is 78.0 Å². The van der Waals surface area contributed by atoms with Crippen molar-refractivity contribution in [2.75, 3.05) is 26.2 Å². The molecule has 0 unspecified atom stereocenters. The number of piperazine rings is 1. The zero-order valence-electron chi connectivity index (χ0n) is 17.6. The average molecular weight is 481 g/mol. The van der Waals surface area contributed by atoms with E-state index in [1.807, 2.05) is 18.2 Å². The third-order valence-electron chi connectivity index (χ3n) is 5.84. The molecule has 1 aromatic heterocycles. The molecule has 1 N–H and O–H groups in total. The third kappa shape index (κ3) is 4.25. The Morgan fingerprint density at radius 3 is 2.30 bits per heavy atom. The number of nitrogens with one attached hydrogen (secondary N) is 1. The number of carbonyl (C=O) groups excluding carboxylic acids is 1. The fourth-order valence-electron chi connectivity index (χ4n) is 4.01. The molecule has 1 amide bonds. The summed E-state index contributed by atoms with van der Waals surface area (Å²) in [4.78, 5) is 22.1. The van der Waals surface area contributed by atoms with E-state index in [0.29, 0.717) is 23.7 Å². The fourth-order valence-corrected chi connectivity index (χ4v) is 5.65. The van der Waals surface area contributed by atoms with Gasteiger partial charge in [0.05, 0.1) is 4.90 Å². The molecule has 5 rings (SSSR count). The van der Waals surface area contributed by atoms with E-state index < -0.39 is 10.0 Å². The van der Waals surface area contributed by atoms with Gasteiger partial charge in [0.1, 0.15) is 5.82 Å². The van der Waals surface area contributed by atoms with Gasteiger partial charge in [0, 0.05) is 54.7 Å². The summed E-state index contributed by atoms with van der Waals surface area (Å²) >= 11 is 6.02. The van der Waals surface area contributed by atoms with Gasteiger partial charge in [0.15, 0.2) is 0 Å². The van der Waals surface area contributed by atoms with Gasteiger partial charge in [-0.2, -0.15) is 4.31 Å². The summed E-state index contributed by atoms with van der Waals surface area (Å²) in [6, 6.07) is 17.6. The van der Waals surface area contributed by atoms with Crippen molar-refractivity contribution in [2.24, 2.45) is 0 Å². The van der Waals surface area contributed by atoms with Crippen molar-refractivity contribution in [1.29, 1.82) is 0 Å². The van der Waals surface area contributed by atoms with E-state index in [1.165, 1.54) is 4.31 Å². The molecule has 1 aliphatic heterocycles. The number of fused-ring (bicyclic) bond motifs is 1. The number of rotatable bonds is 4. The number of aromatic nitrogens is 2. The van der Waals surface area contributed by atoms with Crippen LogP contribution < -0.4 is 0 Å². The third-order valence-corrected chi connectivity index (χ3v) is 7.97. The minimum Gasteiger partial charge on any atom is -0.345 e. The summed E-state index contributed by atoms with van der Waals surface area (Å²) in [6.07, 6.45) is 3.42. The molecule has 0 bridgehead atoms. The van der Waals surface area contributed by atoms with Gasteiger partial charge in [-0.15, -0.1) is 0 Å². The molecule has 1 fully saturated rings. The van der Waals surface area contributed by atoms with Gasteiger partial charge in [0.2, 0.25) is 10.0 Å². The van der Waals surface area contributed by atoms with Crippen LogP contribution >= 0.6 is 11.6 Å². The Morgan fingerprint density at radius 2 is 1.61 bits per heavy atom. The number of benzene rings is 3. The molecule has 0 spiro atoms. The molecule has 0 aliphatic carbocycles. The van der Waals surface area contributed by atoms with Crippen molar-refractivity contribution >= 4 is 38.3 Å². The standard InChI is InChI=1S/C24H21ClN4O3S/c25-21-7-5-20-16-22(8-6-19(20)15-21)33(31,32)29-13-11-28(12-14-29)24(30)18-3-1-17(2-4-18)23-26-9-10-27-23/h1-10,15-16H,11-14H2,(H,26,27). The summed E-state index contributed by atoms with van der Waals surface area (Å²) < 4.78 is 27.8. The lowest BCUT2D eigenvalue weighted by atomic mass is 10.1. The molecule has 3 aromatic carbocycles. The van der Waals surface area contributed by atoms with Crippen LogP contribution in [-0.2, 0) is 10.0 Å². The summed E-state index contributed by atoms with van der Waals surface area (Å²) in [5.41, 5.74) is 1.46. The second-order valence-electron chi connectivity index (χ2n) is 7.86. The van der Waals surface area contributed by atoms with Gasteiger partial charge < -0.3 is 9.88 Å². The molecule has 4 aromatic rings. The van der Waals surface area contributed by atoms with Crippen LogP contribution in [0.3, 0.4) is 0 Å². The number of halogens is 1. The Kier molecular flexibility index (Phi) is 5.65. The fraction of sp³-hybridized carbons (Fsp3) is 0.167. The second kappa shape index (κ2) is 8.62. The molecule has 168 valence electrons. The lowest BCUT2D eigenvalue weighted by Gasteiger charge is -2.34. The highest BCUT2D eigenvalue weighted by Gasteiger charge is 2.30. The molecule has 1 saturated heterocycles. The van der Waals surface area contributed by atoms with Gasteiger partial charge in [-0.1, -0.05) is 35.9 Å². The lowest BCUT2D eigenvalue weighted by Crippen LogP contribution is -2.50. The number of carbonyl (C=O) groups is 1. The first-order valence-electron chi connectivity index (χ1n) is 10.5. The molecule has 7 nitrogen and oxygen atoms in total. The van der Waals surface area contributed by atoms with E-state index in [-0.39, 0.29) is 23.9 Å². The van der Waals surface area contributed by atoms with Crippen molar-refractivity contribution in [3.63, 3.8) is 0 Å². The quantitative estimate of drug-likeness (QED) is 0.477. The predicted molar refractivity (Wildman–Crippen MR) is 128 cm³/mol. The monoisotopic (exact) mass is 480 g/mol. The van der Waals surface area contributed by atoms with Crippen molar-refractivity contribution in [2.45, 2.75) is 4.90 Å². The minimum absolute atomic E-state index is 0.111. The smallest absolute Gasteiger partial charge is 0.253 e. The Balaban J connectivity index is 1.27. The molecule has 0 radical (unpaired) electrons. The second-order valence-corrected chi connectivity index (χ2v) is 10.2. The molecule has 2 heterocycles. The molecule has 33 heavy (non-hydrogen) atoms. The van der Waals surface area contributed by atoms with E-state index >= 15 is 0 Å². The van der Waals surface area contributed by atoms with Gasteiger partial charge >= 0.3 is 0 Å².